The van der Waals surface area contributed by atoms with E-state index in [2.05, 4.69) is 23.8 Å². The van der Waals surface area contributed by atoms with E-state index in [1.165, 1.54) is 11.8 Å². The number of ether oxygens (including phenoxy) is 1. The van der Waals surface area contributed by atoms with Crippen LogP contribution in [0.4, 0.5) is 0 Å². The lowest BCUT2D eigenvalue weighted by atomic mass is 9.98. The van der Waals surface area contributed by atoms with Gasteiger partial charge in [-0.2, -0.15) is 0 Å². The minimum Gasteiger partial charge on any atom is -0.465 e. The van der Waals surface area contributed by atoms with Crippen molar-refractivity contribution in [1.82, 2.24) is 9.97 Å². The summed E-state index contributed by atoms with van der Waals surface area (Å²) in [4.78, 5) is 33.4. The van der Waals surface area contributed by atoms with Gasteiger partial charge in [0.25, 0.3) is 5.56 Å². The maximum Gasteiger partial charge on any atom is 0.319 e. The van der Waals surface area contributed by atoms with Gasteiger partial charge in [0.05, 0.1) is 12.0 Å². The highest BCUT2D eigenvalue weighted by Gasteiger charge is 2.28. The van der Waals surface area contributed by atoms with Crippen LogP contribution in [-0.2, 0) is 16.0 Å². The molecule has 23 heavy (non-hydrogen) atoms. The second kappa shape index (κ2) is 6.65. The number of nitrogens with one attached hydrogen (secondary N) is 1. The molecule has 0 amide bonds. The van der Waals surface area contributed by atoms with E-state index in [1.807, 2.05) is 6.92 Å². The Labute approximate surface area is 142 Å². The van der Waals surface area contributed by atoms with E-state index in [0.717, 1.165) is 28.1 Å². The van der Waals surface area contributed by atoms with Crippen LogP contribution in [-0.4, -0.2) is 27.8 Å². The lowest BCUT2D eigenvalue weighted by Gasteiger charge is -2.08. The SMILES string of the molecule is CC[C@H](C)Cc1c(C)sc2nc(S[C@H]3CCOC3=O)[nH]c(=O)c12. The summed E-state index contributed by atoms with van der Waals surface area (Å²) in [6.45, 7) is 6.84. The first-order valence-corrected chi connectivity index (χ1v) is 9.54. The molecule has 5 nitrogen and oxygen atoms in total. The van der Waals surface area contributed by atoms with Crippen LogP contribution in [0, 0.1) is 12.8 Å². The molecule has 1 fully saturated rings. The molecular weight excluding hydrogens is 332 g/mol. The summed E-state index contributed by atoms with van der Waals surface area (Å²) in [6.07, 6.45) is 2.64. The number of H-pyrrole nitrogens is 1. The molecule has 0 aliphatic carbocycles. The lowest BCUT2D eigenvalue weighted by molar-refractivity contribution is -0.137. The van der Waals surface area contributed by atoms with Crippen LogP contribution in [0.3, 0.4) is 0 Å². The van der Waals surface area contributed by atoms with Gasteiger partial charge in [-0.15, -0.1) is 11.3 Å². The summed E-state index contributed by atoms with van der Waals surface area (Å²) >= 11 is 2.84. The first-order chi connectivity index (χ1) is 11.0. The second-order valence-electron chi connectivity index (χ2n) is 5.97. The van der Waals surface area contributed by atoms with Gasteiger partial charge in [0.15, 0.2) is 5.16 Å². The fraction of sp³-hybridized carbons (Fsp3) is 0.562. The van der Waals surface area contributed by atoms with Gasteiger partial charge >= 0.3 is 5.97 Å². The van der Waals surface area contributed by atoms with Gasteiger partial charge < -0.3 is 9.72 Å². The summed E-state index contributed by atoms with van der Waals surface area (Å²) < 4.78 is 4.96. The van der Waals surface area contributed by atoms with Gasteiger partial charge in [-0.25, -0.2) is 4.98 Å². The van der Waals surface area contributed by atoms with Crippen molar-refractivity contribution < 1.29 is 9.53 Å². The summed E-state index contributed by atoms with van der Waals surface area (Å²) in [6, 6.07) is 0. The third-order valence-electron chi connectivity index (χ3n) is 4.23. The Bertz CT molecular complexity index is 796. The maximum absolute atomic E-state index is 12.5. The minimum absolute atomic E-state index is 0.105. The van der Waals surface area contributed by atoms with Crippen LogP contribution in [0.5, 0.6) is 0 Å². The highest BCUT2D eigenvalue weighted by atomic mass is 32.2. The number of aromatic nitrogens is 2. The van der Waals surface area contributed by atoms with Crippen LogP contribution >= 0.6 is 23.1 Å². The lowest BCUT2D eigenvalue weighted by Crippen LogP contribution is -2.14. The Morgan fingerprint density at radius 2 is 2.26 bits per heavy atom. The summed E-state index contributed by atoms with van der Waals surface area (Å²) in [5.41, 5.74) is 1.01. The number of hydrogen-bond acceptors (Lipinski definition) is 6. The molecule has 1 aliphatic rings. The van der Waals surface area contributed by atoms with Crippen LogP contribution in [0.15, 0.2) is 9.95 Å². The predicted octanol–water partition coefficient (Wildman–Crippen LogP) is 3.29. The van der Waals surface area contributed by atoms with Crippen molar-refractivity contribution in [1.29, 1.82) is 0 Å². The average Bonchev–Trinajstić information content (AvgIpc) is 3.03. The van der Waals surface area contributed by atoms with Crippen molar-refractivity contribution in [3.63, 3.8) is 0 Å². The molecule has 124 valence electrons. The smallest absolute Gasteiger partial charge is 0.319 e. The van der Waals surface area contributed by atoms with E-state index in [-0.39, 0.29) is 16.8 Å². The Morgan fingerprint density at radius 1 is 1.48 bits per heavy atom. The van der Waals surface area contributed by atoms with Crippen molar-refractivity contribution in [3.05, 3.63) is 20.8 Å². The Morgan fingerprint density at radius 3 is 2.91 bits per heavy atom. The molecule has 0 saturated carbocycles. The number of rotatable bonds is 5. The fourth-order valence-corrected chi connectivity index (χ4v) is 4.72. The molecule has 7 heteroatoms. The van der Waals surface area contributed by atoms with E-state index in [9.17, 15) is 9.59 Å². The average molecular weight is 352 g/mol. The number of hydrogen-bond donors (Lipinski definition) is 1. The maximum atomic E-state index is 12.5. The van der Waals surface area contributed by atoms with Crippen molar-refractivity contribution in [2.24, 2.45) is 5.92 Å². The largest absolute Gasteiger partial charge is 0.465 e. The number of aromatic amines is 1. The van der Waals surface area contributed by atoms with Crippen molar-refractivity contribution in [2.45, 2.75) is 50.4 Å². The first-order valence-electron chi connectivity index (χ1n) is 7.85. The zero-order valence-corrected chi connectivity index (χ0v) is 15.1. The Hall–Kier alpha value is -1.34. The fourth-order valence-electron chi connectivity index (χ4n) is 2.67. The van der Waals surface area contributed by atoms with Gasteiger partial charge in [0, 0.05) is 11.3 Å². The number of nitrogens with zero attached hydrogens (tertiary/aromatic N) is 1. The number of cyclic esters (lactones) is 1. The summed E-state index contributed by atoms with van der Waals surface area (Å²) in [7, 11) is 0. The number of thioether (sulfide) groups is 1. The van der Waals surface area contributed by atoms with Gasteiger partial charge in [-0.05, 0) is 24.8 Å². The molecule has 1 aliphatic heterocycles. The van der Waals surface area contributed by atoms with E-state index >= 15 is 0 Å². The zero-order chi connectivity index (χ0) is 16.6. The van der Waals surface area contributed by atoms with E-state index in [0.29, 0.717) is 29.5 Å². The molecule has 0 unspecified atom stereocenters. The summed E-state index contributed by atoms with van der Waals surface area (Å²) in [5.74, 6) is 0.311. The Kier molecular flexibility index (Phi) is 4.77. The summed E-state index contributed by atoms with van der Waals surface area (Å²) in [5, 5.41) is 0.949. The number of thiophene rings is 1. The van der Waals surface area contributed by atoms with Gasteiger partial charge in [-0.3, -0.25) is 9.59 Å². The zero-order valence-electron chi connectivity index (χ0n) is 13.5. The second-order valence-corrected chi connectivity index (χ2v) is 8.36. The molecule has 2 aromatic heterocycles. The van der Waals surface area contributed by atoms with Gasteiger partial charge in [-0.1, -0.05) is 32.0 Å². The van der Waals surface area contributed by atoms with Crippen LogP contribution in [0.25, 0.3) is 10.2 Å². The molecule has 2 aromatic rings. The molecule has 2 atom stereocenters. The third-order valence-corrected chi connectivity index (χ3v) is 6.40. The van der Waals surface area contributed by atoms with E-state index in [4.69, 9.17) is 4.74 Å². The van der Waals surface area contributed by atoms with E-state index < -0.39 is 0 Å². The van der Waals surface area contributed by atoms with Gasteiger partial charge in [0.1, 0.15) is 10.1 Å². The highest BCUT2D eigenvalue weighted by Crippen LogP contribution is 2.32. The number of carbonyl (C=O) groups excluding carboxylic acids is 1. The predicted molar refractivity (Wildman–Crippen MR) is 93.4 cm³/mol. The number of fused-ring (bicyclic) bond motifs is 1. The van der Waals surface area contributed by atoms with Crippen LogP contribution in [0.1, 0.15) is 37.1 Å². The number of esters is 1. The number of aryl methyl sites for hydroxylation is 1. The quantitative estimate of drug-likeness (QED) is 0.660. The highest BCUT2D eigenvalue weighted by molar-refractivity contribution is 8.00. The van der Waals surface area contributed by atoms with Crippen molar-refractivity contribution in [2.75, 3.05) is 6.61 Å². The molecule has 1 saturated heterocycles. The molecule has 3 rings (SSSR count). The molecule has 0 spiro atoms. The molecule has 0 radical (unpaired) electrons. The first kappa shape index (κ1) is 16.5. The standard InChI is InChI=1S/C16H20N2O3S2/c1-4-8(2)7-10-9(3)22-14-12(10)13(19)17-16(18-14)23-11-5-6-21-15(11)20/h8,11H,4-7H2,1-3H3,(H,17,18,19)/t8-,11-/m0/s1. The molecule has 1 N–H and O–H groups in total. The topological polar surface area (TPSA) is 72.0 Å². The normalized spacial score (nSPS) is 19.3. The molecular formula is C16H20N2O3S2. The number of carbonyl (C=O) groups is 1. The van der Waals surface area contributed by atoms with Crippen LogP contribution in [0.2, 0.25) is 0 Å². The van der Waals surface area contributed by atoms with Gasteiger partial charge in [0.2, 0.25) is 0 Å². The van der Waals surface area contributed by atoms with Crippen LogP contribution < -0.4 is 5.56 Å². The Balaban J connectivity index is 1.96. The molecule has 0 bridgehead atoms. The molecule has 0 aromatic carbocycles. The molecule has 3 heterocycles. The minimum atomic E-state index is -0.267. The third kappa shape index (κ3) is 3.30. The van der Waals surface area contributed by atoms with Crippen molar-refractivity contribution in [3.8, 4) is 0 Å². The van der Waals surface area contributed by atoms with E-state index in [1.54, 1.807) is 11.3 Å². The van der Waals surface area contributed by atoms with Crippen molar-refractivity contribution >= 4 is 39.3 Å². The monoisotopic (exact) mass is 352 g/mol.